The van der Waals surface area contributed by atoms with Crippen molar-refractivity contribution in [1.82, 2.24) is 9.27 Å². The van der Waals surface area contributed by atoms with Gasteiger partial charge in [0.05, 0.1) is 4.70 Å². The molecule has 6 heteroatoms. The van der Waals surface area contributed by atoms with Crippen molar-refractivity contribution in [2.45, 2.75) is 20.3 Å². The van der Waals surface area contributed by atoms with Crippen LogP contribution in [0.15, 0.2) is 48.0 Å². The van der Waals surface area contributed by atoms with E-state index < -0.39 is 0 Å². The van der Waals surface area contributed by atoms with Crippen LogP contribution < -0.4 is 10.2 Å². The lowest BCUT2D eigenvalue weighted by Gasteiger charge is -2.35. The fourth-order valence-corrected chi connectivity index (χ4v) is 5.23. The van der Waals surface area contributed by atoms with E-state index in [-0.39, 0.29) is 5.91 Å². The molecular weight excluding hydrogens is 392 g/mol. The SMILES string of the molecule is CC(C)=C1C(=O)Nc2ccc(CCN3CCN(c4nsc5ccccc45)CC3)cc21. The van der Waals surface area contributed by atoms with Crippen molar-refractivity contribution < 1.29 is 4.79 Å². The van der Waals surface area contributed by atoms with Crippen molar-refractivity contribution >= 4 is 44.6 Å². The fraction of sp³-hybridized carbons (Fsp3) is 0.333. The molecular formula is C24H26N4OS. The number of piperazine rings is 1. The lowest BCUT2D eigenvalue weighted by Crippen LogP contribution is -2.47. The Labute approximate surface area is 181 Å². The summed E-state index contributed by atoms with van der Waals surface area (Å²) < 4.78 is 5.97. The van der Waals surface area contributed by atoms with Gasteiger partial charge in [-0.1, -0.05) is 23.8 Å². The molecule has 2 aliphatic rings. The molecule has 3 heterocycles. The van der Waals surface area contributed by atoms with Gasteiger partial charge in [0.1, 0.15) is 5.82 Å². The van der Waals surface area contributed by atoms with Crippen LogP contribution in [0.5, 0.6) is 0 Å². The fourth-order valence-electron chi connectivity index (χ4n) is 4.44. The number of benzene rings is 2. The summed E-state index contributed by atoms with van der Waals surface area (Å²) in [6.45, 7) is 9.17. The van der Waals surface area contributed by atoms with Crippen molar-refractivity contribution in [2.75, 3.05) is 42.9 Å². The number of aromatic nitrogens is 1. The summed E-state index contributed by atoms with van der Waals surface area (Å²) in [5, 5.41) is 4.25. The van der Waals surface area contributed by atoms with Crippen LogP contribution in [-0.2, 0) is 11.2 Å². The number of carbonyl (C=O) groups is 1. The Hall–Kier alpha value is -2.70. The van der Waals surface area contributed by atoms with Gasteiger partial charge in [-0.3, -0.25) is 9.69 Å². The highest BCUT2D eigenvalue weighted by atomic mass is 32.1. The average molecular weight is 419 g/mol. The zero-order valence-electron chi connectivity index (χ0n) is 17.4. The Morgan fingerprint density at radius 1 is 1.10 bits per heavy atom. The second-order valence-corrected chi connectivity index (χ2v) is 9.10. The summed E-state index contributed by atoms with van der Waals surface area (Å²) >= 11 is 1.59. The van der Waals surface area contributed by atoms with E-state index in [2.05, 4.69) is 51.5 Å². The van der Waals surface area contributed by atoms with Gasteiger partial charge >= 0.3 is 0 Å². The van der Waals surface area contributed by atoms with Crippen LogP contribution in [0.25, 0.3) is 15.7 Å². The van der Waals surface area contributed by atoms with Gasteiger partial charge in [0.15, 0.2) is 0 Å². The van der Waals surface area contributed by atoms with Crippen LogP contribution in [0.1, 0.15) is 25.0 Å². The summed E-state index contributed by atoms with van der Waals surface area (Å²) in [5.41, 5.74) is 5.17. The van der Waals surface area contributed by atoms with Crippen LogP contribution in [0.3, 0.4) is 0 Å². The molecule has 0 bridgehead atoms. The Bertz CT molecular complexity index is 1140. The molecule has 30 heavy (non-hydrogen) atoms. The van der Waals surface area contributed by atoms with Crippen LogP contribution in [-0.4, -0.2) is 47.9 Å². The summed E-state index contributed by atoms with van der Waals surface area (Å²) in [4.78, 5) is 17.2. The highest BCUT2D eigenvalue weighted by Crippen LogP contribution is 2.34. The zero-order chi connectivity index (χ0) is 20.7. The molecule has 0 atom stereocenters. The molecule has 0 aliphatic carbocycles. The molecule has 5 rings (SSSR count). The number of amides is 1. The highest BCUT2D eigenvalue weighted by Gasteiger charge is 2.25. The summed E-state index contributed by atoms with van der Waals surface area (Å²) in [6.07, 6.45) is 0.997. The smallest absolute Gasteiger partial charge is 0.256 e. The molecule has 2 aliphatic heterocycles. The molecule has 0 unspecified atom stereocenters. The third-order valence-electron chi connectivity index (χ3n) is 6.08. The van der Waals surface area contributed by atoms with E-state index in [1.54, 1.807) is 11.5 Å². The number of hydrogen-bond acceptors (Lipinski definition) is 5. The predicted molar refractivity (Wildman–Crippen MR) is 125 cm³/mol. The standard InChI is InChI=1S/C24H26N4OS/c1-16(2)22-19-15-17(7-8-20(19)25-24(22)29)9-10-27-11-13-28(14-12-27)23-18-5-3-4-6-21(18)30-26-23/h3-8,15H,9-14H2,1-2H3,(H,25,29). The van der Waals surface area contributed by atoms with Crippen molar-refractivity contribution in [3.8, 4) is 0 Å². The lowest BCUT2D eigenvalue weighted by molar-refractivity contribution is -0.110. The molecule has 3 aromatic rings. The number of fused-ring (bicyclic) bond motifs is 2. The molecule has 2 aromatic carbocycles. The summed E-state index contributed by atoms with van der Waals surface area (Å²) in [6, 6.07) is 14.9. The molecule has 1 aromatic heterocycles. The minimum Gasteiger partial charge on any atom is -0.353 e. The second kappa shape index (κ2) is 7.85. The van der Waals surface area contributed by atoms with Gasteiger partial charge in [-0.05, 0) is 61.6 Å². The first-order valence-electron chi connectivity index (χ1n) is 10.5. The molecule has 0 saturated carbocycles. The Balaban J connectivity index is 1.21. The maximum Gasteiger partial charge on any atom is 0.256 e. The maximum absolute atomic E-state index is 12.2. The Morgan fingerprint density at radius 2 is 1.90 bits per heavy atom. The van der Waals surface area contributed by atoms with Gasteiger partial charge in [0.25, 0.3) is 5.91 Å². The summed E-state index contributed by atoms with van der Waals surface area (Å²) in [5.74, 6) is 1.16. The van der Waals surface area contributed by atoms with Gasteiger partial charge in [-0.2, -0.15) is 4.37 Å². The highest BCUT2D eigenvalue weighted by molar-refractivity contribution is 7.13. The van der Waals surface area contributed by atoms with E-state index in [4.69, 9.17) is 4.37 Å². The van der Waals surface area contributed by atoms with Crippen LogP contribution in [0.4, 0.5) is 11.5 Å². The Kier molecular flexibility index (Phi) is 5.05. The summed E-state index contributed by atoms with van der Waals surface area (Å²) in [7, 11) is 0. The molecule has 1 amide bonds. The monoisotopic (exact) mass is 418 g/mol. The molecule has 1 saturated heterocycles. The van der Waals surface area contributed by atoms with Gasteiger partial charge in [-0.25, -0.2) is 0 Å². The number of rotatable bonds is 4. The van der Waals surface area contributed by atoms with Crippen molar-refractivity contribution in [2.24, 2.45) is 0 Å². The first-order chi connectivity index (χ1) is 14.6. The van der Waals surface area contributed by atoms with E-state index in [1.165, 1.54) is 15.6 Å². The van der Waals surface area contributed by atoms with Crippen molar-refractivity contribution in [3.63, 3.8) is 0 Å². The molecule has 1 fully saturated rings. The number of nitrogens with zero attached hydrogens (tertiary/aromatic N) is 3. The molecule has 5 nitrogen and oxygen atoms in total. The predicted octanol–water partition coefficient (Wildman–Crippen LogP) is 4.41. The Morgan fingerprint density at radius 3 is 2.70 bits per heavy atom. The molecule has 0 spiro atoms. The van der Waals surface area contributed by atoms with Crippen LogP contribution >= 0.6 is 11.5 Å². The normalized spacial score (nSPS) is 16.8. The number of anilines is 2. The van der Waals surface area contributed by atoms with Gasteiger partial charge < -0.3 is 10.2 Å². The van der Waals surface area contributed by atoms with Gasteiger partial charge in [0, 0.05) is 54.9 Å². The van der Waals surface area contributed by atoms with Crippen LogP contribution in [0, 0.1) is 0 Å². The van der Waals surface area contributed by atoms with E-state index in [0.717, 1.165) is 67.4 Å². The molecule has 154 valence electrons. The quantitative estimate of drug-likeness (QED) is 0.638. The van der Waals surface area contributed by atoms with Crippen molar-refractivity contribution in [1.29, 1.82) is 0 Å². The third-order valence-corrected chi connectivity index (χ3v) is 6.89. The van der Waals surface area contributed by atoms with E-state index in [1.807, 2.05) is 19.9 Å². The average Bonchev–Trinajstić information content (AvgIpc) is 3.32. The van der Waals surface area contributed by atoms with Crippen molar-refractivity contribution in [3.05, 3.63) is 59.2 Å². The number of carbonyl (C=O) groups excluding carboxylic acids is 1. The molecule has 1 N–H and O–H groups in total. The topological polar surface area (TPSA) is 48.5 Å². The number of allylic oxidation sites excluding steroid dienone is 1. The van der Waals surface area contributed by atoms with Gasteiger partial charge in [-0.15, -0.1) is 0 Å². The lowest BCUT2D eigenvalue weighted by atomic mass is 9.99. The first-order valence-corrected chi connectivity index (χ1v) is 11.3. The van der Waals surface area contributed by atoms with E-state index >= 15 is 0 Å². The third kappa shape index (κ3) is 3.50. The second-order valence-electron chi connectivity index (χ2n) is 8.29. The van der Waals surface area contributed by atoms with E-state index in [9.17, 15) is 4.79 Å². The zero-order valence-corrected chi connectivity index (χ0v) is 18.3. The van der Waals surface area contributed by atoms with Gasteiger partial charge in [0.2, 0.25) is 0 Å². The van der Waals surface area contributed by atoms with E-state index in [0.29, 0.717) is 0 Å². The first kappa shape index (κ1) is 19.3. The van der Waals surface area contributed by atoms with Crippen LogP contribution in [0.2, 0.25) is 0 Å². The number of hydrogen-bond donors (Lipinski definition) is 1. The largest absolute Gasteiger partial charge is 0.353 e. The number of nitrogens with one attached hydrogen (secondary N) is 1. The molecule has 0 radical (unpaired) electrons. The minimum atomic E-state index is 0.0211. The maximum atomic E-state index is 12.2. The minimum absolute atomic E-state index is 0.0211.